The summed E-state index contributed by atoms with van der Waals surface area (Å²) in [5, 5.41) is 15.0. The molecule has 0 fully saturated rings. The maximum atomic E-state index is 13.4. The summed E-state index contributed by atoms with van der Waals surface area (Å²) in [7, 11) is 0. The first kappa shape index (κ1) is 32.9. The van der Waals surface area contributed by atoms with E-state index in [0.29, 0.717) is 11.3 Å². The van der Waals surface area contributed by atoms with Crippen LogP contribution in [0.1, 0.15) is 49.2 Å². The van der Waals surface area contributed by atoms with Gasteiger partial charge in [0, 0.05) is 16.9 Å². The highest BCUT2D eigenvalue weighted by molar-refractivity contribution is 6.01. The number of hydrogen-bond acceptors (Lipinski definition) is 6. The molecule has 3 N–H and O–H groups in total. The fraction of sp³-hybridized carbons (Fsp3) is 0.323. The number of benzene rings is 3. The molecular weight excluding hydrogens is 567 g/mol. The first-order chi connectivity index (χ1) is 20.2. The second-order valence-corrected chi connectivity index (χ2v) is 10.6. The number of nitrogens with one attached hydrogen (secondary N) is 2. The maximum Gasteiger partial charge on any atom is 0.573 e. The van der Waals surface area contributed by atoms with Crippen molar-refractivity contribution in [3.8, 4) is 5.75 Å². The number of carbonyl (C=O) groups excluding carboxylic acids is 3. The van der Waals surface area contributed by atoms with Gasteiger partial charge in [-0.2, -0.15) is 0 Å². The number of esters is 1. The number of anilines is 2. The quantitative estimate of drug-likeness (QED) is 0.254. The van der Waals surface area contributed by atoms with Gasteiger partial charge < -0.3 is 25.2 Å². The Kier molecular flexibility index (Phi) is 10.8. The molecule has 0 bridgehead atoms. The summed E-state index contributed by atoms with van der Waals surface area (Å²) in [5.74, 6) is -1.77. The Hall–Kier alpha value is -4.58. The summed E-state index contributed by atoms with van der Waals surface area (Å²) in [6, 6.07) is 18.1. The molecule has 0 spiro atoms. The molecule has 3 amide bonds. The number of hydrogen-bond donors (Lipinski definition) is 3. The van der Waals surface area contributed by atoms with E-state index >= 15 is 0 Å². The average molecular weight is 602 g/mol. The van der Waals surface area contributed by atoms with Crippen LogP contribution >= 0.6 is 0 Å². The Morgan fingerprint density at radius 1 is 0.907 bits per heavy atom. The topological polar surface area (TPSA) is 117 Å². The van der Waals surface area contributed by atoms with Crippen molar-refractivity contribution in [3.63, 3.8) is 0 Å². The van der Waals surface area contributed by atoms with Crippen molar-refractivity contribution in [2.75, 3.05) is 23.4 Å². The first-order valence-corrected chi connectivity index (χ1v) is 13.4. The highest BCUT2D eigenvalue weighted by Crippen LogP contribution is 2.27. The predicted octanol–water partition coefficient (Wildman–Crippen LogP) is 5.78. The zero-order valence-electron chi connectivity index (χ0n) is 24.2. The Bertz CT molecular complexity index is 1390. The number of amides is 3. The van der Waals surface area contributed by atoms with Crippen LogP contribution in [0, 0.1) is 0 Å². The molecule has 230 valence electrons. The van der Waals surface area contributed by atoms with Crippen LogP contribution in [0.3, 0.4) is 0 Å². The summed E-state index contributed by atoms with van der Waals surface area (Å²) < 4.78 is 46.1. The molecule has 0 aliphatic heterocycles. The van der Waals surface area contributed by atoms with Gasteiger partial charge in [0.15, 0.2) is 6.10 Å². The van der Waals surface area contributed by atoms with E-state index in [0.717, 1.165) is 17.7 Å². The lowest BCUT2D eigenvalue weighted by molar-refractivity contribution is -0.274. The molecule has 3 aromatic rings. The molecule has 3 rings (SSSR count). The summed E-state index contributed by atoms with van der Waals surface area (Å²) in [5.41, 5.74) is 2.71. The van der Waals surface area contributed by atoms with Gasteiger partial charge in [0.1, 0.15) is 5.75 Å². The lowest BCUT2D eigenvalue weighted by Crippen LogP contribution is -2.37. The molecule has 0 radical (unpaired) electrons. The molecular formula is C31H34F3N3O6. The van der Waals surface area contributed by atoms with E-state index < -0.39 is 36.1 Å². The van der Waals surface area contributed by atoms with Crippen LogP contribution in [0.15, 0.2) is 72.8 Å². The Labute approximate surface area is 247 Å². The minimum atomic E-state index is -4.83. The smallest absolute Gasteiger partial charge is 0.464 e. The van der Waals surface area contributed by atoms with Crippen LogP contribution in [0.2, 0.25) is 0 Å². The predicted molar refractivity (Wildman–Crippen MR) is 155 cm³/mol. The molecule has 0 heterocycles. The molecule has 1 atom stereocenters. The summed E-state index contributed by atoms with van der Waals surface area (Å²) in [6.07, 6.45) is -6.32. The lowest BCUT2D eigenvalue weighted by atomic mass is 9.87. The van der Waals surface area contributed by atoms with Crippen LogP contribution in [-0.4, -0.2) is 48.6 Å². The van der Waals surface area contributed by atoms with Crippen molar-refractivity contribution in [1.82, 2.24) is 5.32 Å². The zero-order valence-corrected chi connectivity index (χ0v) is 24.2. The number of alkyl halides is 3. The van der Waals surface area contributed by atoms with Gasteiger partial charge in [0.25, 0.3) is 5.91 Å². The molecule has 12 heteroatoms. The third kappa shape index (κ3) is 10.0. The maximum absolute atomic E-state index is 13.4. The molecule has 0 saturated carbocycles. The Balaban J connectivity index is 1.77. The van der Waals surface area contributed by atoms with Gasteiger partial charge >= 0.3 is 18.4 Å². The number of aliphatic hydroxyl groups is 1. The molecule has 0 aromatic heterocycles. The molecule has 1 unspecified atom stereocenters. The van der Waals surface area contributed by atoms with Crippen LogP contribution in [0.4, 0.5) is 29.3 Å². The monoisotopic (exact) mass is 601 g/mol. The Morgan fingerprint density at radius 2 is 1.51 bits per heavy atom. The van der Waals surface area contributed by atoms with Gasteiger partial charge in [0.05, 0.1) is 19.7 Å². The van der Waals surface area contributed by atoms with Crippen LogP contribution in [0.5, 0.6) is 5.75 Å². The zero-order chi connectivity index (χ0) is 31.8. The van der Waals surface area contributed by atoms with Gasteiger partial charge in [-0.25, -0.2) is 9.59 Å². The van der Waals surface area contributed by atoms with E-state index in [2.05, 4.69) is 36.1 Å². The van der Waals surface area contributed by atoms with Crippen molar-refractivity contribution < 1.29 is 42.1 Å². The van der Waals surface area contributed by atoms with Crippen molar-refractivity contribution in [1.29, 1.82) is 0 Å². The van der Waals surface area contributed by atoms with Gasteiger partial charge in [-0.3, -0.25) is 9.69 Å². The second-order valence-electron chi connectivity index (χ2n) is 10.6. The van der Waals surface area contributed by atoms with Gasteiger partial charge in [0.2, 0.25) is 0 Å². The van der Waals surface area contributed by atoms with Gasteiger partial charge in [-0.05, 0) is 72.0 Å². The Morgan fingerprint density at radius 3 is 2.05 bits per heavy atom. The third-order valence-corrected chi connectivity index (χ3v) is 6.20. The van der Waals surface area contributed by atoms with E-state index in [1.807, 2.05) is 12.1 Å². The minimum absolute atomic E-state index is 0.0967. The van der Waals surface area contributed by atoms with Gasteiger partial charge in [-0.15, -0.1) is 13.2 Å². The van der Waals surface area contributed by atoms with E-state index in [1.165, 1.54) is 17.0 Å². The number of carbonyl (C=O) groups is 3. The molecule has 3 aromatic carbocycles. The first-order valence-electron chi connectivity index (χ1n) is 13.4. The van der Waals surface area contributed by atoms with Crippen LogP contribution in [-0.2, 0) is 21.5 Å². The summed E-state index contributed by atoms with van der Waals surface area (Å²) in [4.78, 5) is 38.9. The number of halogens is 3. The van der Waals surface area contributed by atoms with Gasteiger partial charge in [-0.1, -0.05) is 45.0 Å². The summed E-state index contributed by atoms with van der Waals surface area (Å²) >= 11 is 0. The number of nitrogens with zero attached hydrogens (tertiary/aromatic N) is 1. The summed E-state index contributed by atoms with van der Waals surface area (Å²) in [6.45, 7) is 7.67. The minimum Gasteiger partial charge on any atom is -0.464 e. The second kappa shape index (κ2) is 14.1. The molecule has 0 aliphatic rings. The molecule has 9 nitrogen and oxygen atoms in total. The fourth-order valence-corrected chi connectivity index (χ4v) is 3.91. The van der Waals surface area contributed by atoms with Crippen molar-refractivity contribution in [2.24, 2.45) is 0 Å². The third-order valence-electron chi connectivity index (χ3n) is 6.20. The van der Waals surface area contributed by atoms with Crippen LogP contribution < -0.4 is 20.3 Å². The number of urea groups is 1. The van der Waals surface area contributed by atoms with Crippen LogP contribution in [0.25, 0.3) is 0 Å². The number of rotatable bonds is 10. The van der Waals surface area contributed by atoms with E-state index in [9.17, 15) is 32.7 Å². The van der Waals surface area contributed by atoms with Crippen molar-refractivity contribution >= 4 is 29.3 Å². The molecule has 43 heavy (non-hydrogen) atoms. The lowest BCUT2D eigenvalue weighted by Gasteiger charge is -2.25. The number of ether oxygens (including phenoxy) is 2. The van der Waals surface area contributed by atoms with E-state index in [1.54, 1.807) is 43.3 Å². The molecule has 0 saturated heterocycles. The van der Waals surface area contributed by atoms with Crippen molar-refractivity contribution in [3.05, 3.63) is 89.5 Å². The molecule has 0 aliphatic carbocycles. The highest BCUT2D eigenvalue weighted by atomic mass is 19.4. The standard InChI is InChI=1S/C31H34F3N3O6/c1-5-42-28(40)26(38)18-35-27(39)21-8-6-20(7-9-21)19-37(24-14-10-22(11-15-24)30(2,3)4)29(41)36-23-12-16-25(17-13-23)43-31(32,33)34/h6-17,26,38H,5,18-19H2,1-4H3,(H,35,39)(H,36,41). The average Bonchev–Trinajstić information content (AvgIpc) is 2.94. The fourth-order valence-electron chi connectivity index (χ4n) is 3.91. The van der Waals surface area contributed by atoms with E-state index in [-0.39, 0.29) is 36.4 Å². The van der Waals surface area contributed by atoms with Crippen molar-refractivity contribution in [2.45, 2.75) is 52.1 Å². The normalized spacial score (nSPS) is 12.2. The highest BCUT2D eigenvalue weighted by Gasteiger charge is 2.31. The largest absolute Gasteiger partial charge is 0.573 e. The number of aliphatic hydroxyl groups excluding tert-OH is 1. The SMILES string of the molecule is CCOC(=O)C(O)CNC(=O)c1ccc(CN(C(=O)Nc2ccc(OC(F)(F)F)cc2)c2ccc(C(C)(C)C)cc2)cc1. The van der Waals surface area contributed by atoms with E-state index in [4.69, 9.17) is 4.74 Å².